The van der Waals surface area contributed by atoms with Crippen LogP contribution >= 0.6 is 11.6 Å². The quantitative estimate of drug-likeness (QED) is 0.638. The zero-order valence-electron chi connectivity index (χ0n) is 8.90. The number of benzene rings is 1. The average Bonchev–Trinajstić information content (AvgIpc) is 2.40. The van der Waals surface area contributed by atoms with Gasteiger partial charge in [-0.1, -0.05) is 17.7 Å². The van der Waals surface area contributed by atoms with Crippen LogP contribution in [0.2, 0.25) is 5.02 Å². The summed E-state index contributed by atoms with van der Waals surface area (Å²) < 4.78 is 37.9. The Hall–Kier alpha value is -1.03. The van der Waals surface area contributed by atoms with E-state index < -0.39 is 11.7 Å². The normalized spacial score (nSPS) is 16.6. The first-order chi connectivity index (χ1) is 7.91. The molecule has 0 N–H and O–H groups in total. The van der Waals surface area contributed by atoms with E-state index in [0.717, 1.165) is 6.07 Å². The van der Waals surface area contributed by atoms with Crippen molar-refractivity contribution in [1.29, 1.82) is 0 Å². The number of carbonyl (C=O) groups is 1. The molecule has 1 aromatic carbocycles. The Bertz CT molecular complexity index is 466. The first-order valence-electron chi connectivity index (χ1n) is 5.33. The summed E-state index contributed by atoms with van der Waals surface area (Å²) in [5.41, 5.74) is -0.155. The maximum Gasteiger partial charge on any atom is 0.417 e. The Morgan fingerprint density at radius 1 is 1.12 bits per heavy atom. The average molecular weight is 263 g/mol. The van der Waals surface area contributed by atoms with E-state index in [-0.39, 0.29) is 10.8 Å². The third kappa shape index (κ3) is 2.32. The zero-order valence-corrected chi connectivity index (χ0v) is 9.66. The number of alkyl halides is 3. The zero-order chi connectivity index (χ0) is 12.6. The number of hydrogen-bond acceptors (Lipinski definition) is 1. The fourth-order valence-electron chi connectivity index (χ4n) is 2.07. The highest BCUT2D eigenvalue weighted by atomic mass is 35.5. The third-order valence-corrected chi connectivity index (χ3v) is 3.36. The Balaban J connectivity index is 2.59. The molecule has 0 radical (unpaired) electrons. The Labute approximate surface area is 102 Å². The van der Waals surface area contributed by atoms with Crippen molar-refractivity contribution in [2.24, 2.45) is 0 Å². The number of carbonyl (C=O) groups excluding carboxylic acids is 1. The molecule has 0 bridgehead atoms. The minimum Gasteiger partial charge on any atom is -0.294 e. The largest absolute Gasteiger partial charge is 0.417 e. The molecule has 0 heterocycles. The standard InChI is InChI=1S/C12H10ClF3O/c13-11-8-3-1-2-4-10(17)7(8)5-6-9(11)12(14,15)16/h5-6H,1-4H2. The molecule has 1 aliphatic carbocycles. The Morgan fingerprint density at radius 3 is 2.41 bits per heavy atom. The van der Waals surface area contributed by atoms with E-state index in [1.54, 1.807) is 0 Å². The topological polar surface area (TPSA) is 17.1 Å². The second-order valence-corrected chi connectivity index (χ2v) is 4.46. The van der Waals surface area contributed by atoms with Gasteiger partial charge in [-0.2, -0.15) is 13.2 Å². The van der Waals surface area contributed by atoms with Gasteiger partial charge in [-0.3, -0.25) is 4.79 Å². The Morgan fingerprint density at radius 2 is 1.76 bits per heavy atom. The van der Waals surface area contributed by atoms with Crippen LogP contribution in [0.25, 0.3) is 0 Å². The fraction of sp³-hybridized carbons (Fsp3) is 0.417. The van der Waals surface area contributed by atoms with Gasteiger partial charge in [-0.05, 0) is 30.9 Å². The summed E-state index contributed by atoms with van der Waals surface area (Å²) in [5, 5.41) is -0.315. The first kappa shape index (κ1) is 12.4. The smallest absolute Gasteiger partial charge is 0.294 e. The number of ketones is 1. The second kappa shape index (κ2) is 4.33. The van der Waals surface area contributed by atoms with E-state index in [9.17, 15) is 18.0 Å². The summed E-state index contributed by atoms with van der Waals surface area (Å²) in [6, 6.07) is 2.14. The van der Waals surface area contributed by atoms with Crippen molar-refractivity contribution >= 4 is 17.4 Å². The molecule has 0 fully saturated rings. The van der Waals surface area contributed by atoms with Crippen LogP contribution in [-0.4, -0.2) is 5.78 Å². The van der Waals surface area contributed by atoms with Crippen LogP contribution in [-0.2, 0) is 12.6 Å². The first-order valence-corrected chi connectivity index (χ1v) is 5.71. The molecule has 0 atom stereocenters. The lowest BCUT2D eigenvalue weighted by atomic mass is 9.99. The predicted octanol–water partition coefficient (Wildman–Crippen LogP) is 4.27. The third-order valence-electron chi connectivity index (χ3n) is 2.93. The van der Waals surface area contributed by atoms with Crippen LogP contribution in [0.4, 0.5) is 13.2 Å². The predicted molar refractivity (Wildman–Crippen MR) is 58.3 cm³/mol. The number of Topliss-reactive ketones (excluding diaryl/α,β-unsaturated/α-hetero) is 1. The SMILES string of the molecule is O=C1CCCCc2c1ccc(C(F)(F)F)c2Cl. The van der Waals surface area contributed by atoms with Crippen LogP contribution in [0.3, 0.4) is 0 Å². The molecule has 1 nitrogen and oxygen atoms in total. The monoisotopic (exact) mass is 262 g/mol. The molecule has 1 aliphatic rings. The molecule has 17 heavy (non-hydrogen) atoms. The molecule has 0 aromatic heterocycles. The van der Waals surface area contributed by atoms with E-state index in [4.69, 9.17) is 11.6 Å². The summed E-state index contributed by atoms with van der Waals surface area (Å²) in [6.07, 6.45) is -2.26. The molecule has 0 saturated heterocycles. The Kier molecular flexibility index (Phi) is 3.17. The van der Waals surface area contributed by atoms with Crippen molar-refractivity contribution in [3.05, 3.63) is 33.8 Å². The molecule has 5 heteroatoms. The van der Waals surface area contributed by atoms with Gasteiger partial charge in [0.25, 0.3) is 0 Å². The second-order valence-electron chi connectivity index (χ2n) is 4.08. The number of hydrogen-bond donors (Lipinski definition) is 0. The van der Waals surface area contributed by atoms with Gasteiger partial charge in [0, 0.05) is 12.0 Å². The lowest BCUT2D eigenvalue weighted by Crippen LogP contribution is -2.10. The van der Waals surface area contributed by atoms with Crippen LogP contribution in [0.5, 0.6) is 0 Å². The number of rotatable bonds is 0. The molecule has 0 amide bonds. The van der Waals surface area contributed by atoms with Crippen LogP contribution in [0, 0.1) is 0 Å². The summed E-state index contributed by atoms with van der Waals surface area (Å²) in [6.45, 7) is 0. The van der Waals surface area contributed by atoms with Crippen molar-refractivity contribution in [1.82, 2.24) is 0 Å². The van der Waals surface area contributed by atoms with Crippen molar-refractivity contribution in [2.75, 3.05) is 0 Å². The van der Waals surface area contributed by atoms with Crippen molar-refractivity contribution in [3.63, 3.8) is 0 Å². The fourth-order valence-corrected chi connectivity index (χ4v) is 2.43. The van der Waals surface area contributed by atoms with E-state index in [1.807, 2.05) is 0 Å². The van der Waals surface area contributed by atoms with Crippen molar-refractivity contribution in [2.45, 2.75) is 31.9 Å². The summed E-state index contributed by atoms with van der Waals surface area (Å²) in [5.74, 6) is -0.117. The summed E-state index contributed by atoms with van der Waals surface area (Å²) in [4.78, 5) is 11.7. The minimum atomic E-state index is -4.47. The highest BCUT2D eigenvalue weighted by Gasteiger charge is 2.35. The molecular weight excluding hydrogens is 253 g/mol. The minimum absolute atomic E-state index is 0.117. The number of fused-ring (bicyclic) bond motifs is 1. The molecule has 0 spiro atoms. The highest BCUT2D eigenvalue weighted by Crippen LogP contribution is 2.39. The lowest BCUT2D eigenvalue weighted by Gasteiger charge is -2.14. The summed E-state index contributed by atoms with van der Waals surface area (Å²) >= 11 is 5.78. The molecule has 2 rings (SSSR count). The molecule has 0 saturated carbocycles. The van der Waals surface area contributed by atoms with Gasteiger partial charge in [-0.25, -0.2) is 0 Å². The van der Waals surface area contributed by atoms with E-state index in [0.29, 0.717) is 36.8 Å². The van der Waals surface area contributed by atoms with Gasteiger partial charge in [0.2, 0.25) is 0 Å². The lowest BCUT2D eigenvalue weighted by molar-refractivity contribution is -0.137. The van der Waals surface area contributed by atoms with Gasteiger partial charge in [0.05, 0.1) is 10.6 Å². The maximum absolute atomic E-state index is 12.6. The summed E-state index contributed by atoms with van der Waals surface area (Å²) in [7, 11) is 0. The van der Waals surface area contributed by atoms with Crippen molar-refractivity contribution < 1.29 is 18.0 Å². The van der Waals surface area contributed by atoms with Gasteiger partial charge in [0.1, 0.15) is 0 Å². The molecule has 0 unspecified atom stereocenters. The highest BCUT2D eigenvalue weighted by molar-refractivity contribution is 6.32. The van der Waals surface area contributed by atoms with Gasteiger partial charge in [-0.15, -0.1) is 0 Å². The molecule has 1 aromatic rings. The molecule has 92 valence electrons. The number of halogens is 4. The maximum atomic E-state index is 12.6. The van der Waals surface area contributed by atoms with E-state index >= 15 is 0 Å². The molecule has 0 aliphatic heterocycles. The van der Waals surface area contributed by atoms with Gasteiger partial charge < -0.3 is 0 Å². The van der Waals surface area contributed by atoms with Crippen LogP contribution < -0.4 is 0 Å². The molecular formula is C12H10ClF3O. The van der Waals surface area contributed by atoms with E-state index in [1.165, 1.54) is 6.07 Å². The van der Waals surface area contributed by atoms with Gasteiger partial charge in [0.15, 0.2) is 5.78 Å². The van der Waals surface area contributed by atoms with E-state index in [2.05, 4.69) is 0 Å². The van der Waals surface area contributed by atoms with Crippen LogP contribution in [0.1, 0.15) is 40.7 Å². The van der Waals surface area contributed by atoms with Crippen LogP contribution in [0.15, 0.2) is 12.1 Å². The van der Waals surface area contributed by atoms with Gasteiger partial charge >= 0.3 is 6.18 Å². The van der Waals surface area contributed by atoms with Crippen molar-refractivity contribution in [3.8, 4) is 0 Å².